The van der Waals surface area contributed by atoms with E-state index in [1.165, 1.54) is 25.1 Å². The number of carbonyl (C=O) groups excluding carboxylic acids is 1. The number of ether oxygens (including phenoxy) is 2. The van der Waals surface area contributed by atoms with E-state index in [1.807, 2.05) is 60.0 Å². The van der Waals surface area contributed by atoms with Crippen molar-refractivity contribution in [2.75, 3.05) is 20.0 Å². The van der Waals surface area contributed by atoms with Gasteiger partial charge < -0.3 is 14.6 Å². The van der Waals surface area contributed by atoms with E-state index in [-0.39, 0.29) is 17.4 Å². The van der Waals surface area contributed by atoms with Gasteiger partial charge in [-0.3, -0.25) is 9.36 Å². The molecule has 2 N–H and O–H groups in total. The lowest BCUT2D eigenvalue weighted by Crippen LogP contribution is -2.20. The third-order valence-corrected chi connectivity index (χ3v) is 6.81. The van der Waals surface area contributed by atoms with Crippen LogP contribution in [0.3, 0.4) is 0 Å². The van der Waals surface area contributed by atoms with Gasteiger partial charge in [0.15, 0.2) is 22.5 Å². The van der Waals surface area contributed by atoms with Crippen molar-refractivity contribution >= 4 is 39.8 Å². The van der Waals surface area contributed by atoms with Crippen molar-refractivity contribution < 1.29 is 19.4 Å². The minimum absolute atomic E-state index is 0.00761. The van der Waals surface area contributed by atoms with Crippen molar-refractivity contribution in [1.29, 1.82) is 0 Å². The van der Waals surface area contributed by atoms with Gasteiger partial charge in [0.2, 0.25) is 0 Å². The zero-order chi connectivity index (χ0) is 26.4. The van der Waals surface area contributed by atoms with Gasteiger partial charge in [-0.2, -0.15) is 5.10 Å². The standard InChI is InChI=1S/C26H24BrN5O4S/c1-16-4-8-19(9-5-16)32-25(18-6-10-20(35-2)11-7-18)30-31-26(32)37-15-23(33)29-28-14-17-12-21(27)24(34)22(13-17)36-3/h4-14,34H,15H2,1-3H3,(H,29,33)/b28-14+. The first-order chi connectivity index (χ1) is 17.9. The van der Waals surface area contributed by atoms with Crippen molar-refractivity contribution in [3.63, 3.8) is 0 Å². The normalized spacial score (nSPS) is 11.0. The molecule has 0 saturated heterocycles. The van der Waals surface area contributed by atoms with Crippen molar-refractivity contribution in [3.8, 4) is 34.3 Å². The Labute approximate surface area is 226 Å². The molecule has 1 amide bonds. The Kier molecular flexibility index (Phi) is 8.47. The van der Waals surface area contributed by atoms with Gasteiger partial charge in [-0.05, 0) is 76.9 Å². The molecule has 11 heteroatoms. The number of aromatic nitrogens is 3. The number of hydrogen-bond donors (Lipinski definition) is 2. The van der Waals surface area contributed by atoms with Crippen LogP contribution >= 0.6 is 27.7 Å². The summed E-state index contributed by atoms with van der Waals surface area (Å²) in [4.78, 5) is 12.5. The molecule has 1 heterocycles. The summed E-state index contributed by atoms with van der Waals surface area (Å²) in [6, 6.07) is 18.8. The highest BCUT2D eigenvalue weighted by molar-refractivity contribution is 9.10. The summed E-state index contributed by atoms with van der Waals surface area (Å²) in [6.07, 6.45) is 1.46. The molecule has 9 nitrogen and oxygen atoms in total. The average Bonchev–Trinajstić information content (AvgIpc) is 3.33. The summed E-state index contributed by atoms with van der Waals surface area (Å²) in [5, 5.41) is 23.3. The molecule has 0 fully saturated rings. The van der Waals surface area contributed by atoms with Crippen LogP contribution in [0.15, 0.2) is 75.4 Å². The number of nitrogens with one attached hydrogen (secondary N) is 1. The fourth-order valence-electron chi connectivity index (χ4n) is 3.38. The van der Waals surface area contributed by atoms with E-state index in [1.54, 1.807) is 19.2 Å². The number of benzene rings is 3. The highest BCUT2D eigenvalue weighted by atomic mass is 79.9. The van der Waals surface area contributed by atoms with Crippen LogP contribution in [-0.2, 0) is 4.79 Å². The van der Waals surface area contributed by atoms with Crippen LogP contribution < -0.4 is 14.9 Å². The Hall–Kier alpha value is -3.83. The number of hydrazone groups is 1. The fourth-order valence-corrected chi connectivity index (χ4v) is 4.59. The second kappa shape index (κ2) is 11.9. The molecule has 190 valence electrons. The predicted octanol–water partition coefficient (Wildman–Crippen LogP) is 4.97. The molecule has 0 unspecified atom stereocenters. The van der Waals surface area contributed by atoms with Gasteiger partial charge in [-0.1, -0.05) is 29.5 Å². The van der Waals surface area contributed by atoms with Crippen LogP contribution in [0, 0.1) is 6.92 Å². The van der Waals surface area contributed by atoms with Gasteiger partial charge in [0.25, 0.3) is 5.91 Å². The second-order valence-electron chi connectivity index (χ2n) is 7.84. The van der Waals surface area contributed by atoms with Crippen LogP contribution in [-0.4, -0.2) is 52.0 Å². The van der Waals surface area contributed by atoms with Crippen LogP contribution in [0.4, 0.5) is 0 Å². The van der Waals surface area contributed by atoms with Gasteiger partial charge in [0, 0.05) is 11.3 Å². The average molecular weight is 582 g/mol. The Morgan fingerprint density at radius 3 is 2.51 bits per heavy atom. The number of phenols is 1. The number of phenolic OH excluding ortho intramolecular Hbond substituents is 1. The van der Waals surface area contributed by atoms with Gasteiger partial charge in [0.1, 0.15) is 5.75 Å². The lowest BCUT2D eigenvalue weighted by molar-refractivity contribution is -0.118. The van der Waals surface area contributed by atoms with Gasteiger partial charge >= 0.3 is 0 Å². The highest BCUT2D eigenvalue weighted by Crippen LogP contribution is 2.34. The molecule has 0 atom stereocenters. The Morgan fingerprint density at radius 2 is 1.84 bits per heavy atom. The fraction of sp³-hybridized carbons (Fsp3) is 0.154. The van der Waals surface area contributed by atoms with E-state index in [4.69, 9.17) is 9.47 Å². The first-order valence-corrected chi connectivity index (χ1v) is 12.9. The van der Waals surface area contributed by atoms with E-state index in [0.29, 0.717) is 26.8 Å². The first-order valence-electron chi connectivity index (χ1n) is 11.1. The number of methoxy groups -OCH3 is 2. The quantitative estimate of drug-likeness (QED) is 0.163. The Morgan fingerprint density at radius 1 is 1.11 bits per heavy atom. The summed E-state index contributed by atoms with van der Waals surface area (Å²) in [6.45, 7) is 2.02. The molecule has 0 spiro atoms. The molecule has 3 aromatic carbocycles. The molecule has 0 aliphatic rings. The largest absolute Gasteiger partial charge is 0.503 e. The molecule has 1 aromatic heterocycles. The molecule has 4 rings (SSSR count). The molecule has 4 aromatic rings. The van der Waals surface area contributed by atoms with Gasteiger partial charge in [0.05, 0.1) is 30.7 Å². The second-order valence-corrected chi connectivity index (χ2v) is 9.64. The van der Waals surface area contributed by atoms with E-state index in [0.717, 1.165) is 22.6 Å². The maximum Gasteiger partial charge on any atom is 0.250 e. The van der Waals surface area contributed by atoms with Gasteiger partial charge in [-0.25, -0.2) is 5.43 Å². The number of hydrogen-bond acceptors (Lipinski definition) is 8. The maximum atomic E-state index is 12.5. The number of amides is 1. The highest BCUT2D eigenvalue weighted by Gasteiger charge is 2.17. The van der Waals surface area contributed by atoms with Crippen LogP contribution in [0.2, 0.25) is 0 Å². The molecule has 37 heavy (non-hydrogen) atoms. The number of nitrogens with zero attached hydrogens (tertiary/aromatic N) is 4. The molecule has 0 radical (unpaired) electrons. The molecule has 0 saturated carbocycles. The van der Waals surface area contributed by atoms with Crippen LogP contribution in [0.1, 0.15) is 11.1 Å². The predicted molar refractivity (Wildman–Crippen MR) is 147 cm³/mol. The van der Waals surface area contributed by atoms with Crippen LogP contribution in [0.25, 0.3) is 17.1 Å². The number of halogens is 1. The van der Waals surface area contributed by atoms with E-state index >= 15 is 0 Å². The summed E-state index contributed by atoms with van der Waals surface area (Å²) in [5.41, 5.74) is 6.03. The summed E-state index contributed by atoms with van der Waals surface area (Å²) in [7, 11) is 3.07. The third-order valence-electron chi connectivity index (χ3n) is 5.28. The lowest BCUT2D eigenvalue weighted by atomic mass is 10.2. The van der Waals surface area contributed by atoms with E-state index in [2.05, 4.69) is 36.7 Å². The molecular formula is C26H24BrN5O4S. The van der Waals surface area contributed by atoms with Crippen molar-refractivity contribution in [2.45, 2.75) is 12.1 Å². The Balaban J connectivity index is 1.50. The SMILES string of the molecule is COc1ccc(-c2nnc(SCC(=O)N/N=C/c3cc(Br)c(O)c(OC)c3)n2-c2ccc(C)cc2)cc1. The van der Waals surface area contributed by atoms with Crippen LogP contribution in [0.5, 0.6) is 17.2 Å². The minimum Gasteiger partial charge on any atom is -0.503 e. The van der Waals surface area contributed by atoms with E-state index in [9.17, 15) is 9.90 Å². The third kappa shape index (κ3) is 6.30. The number of thioether (sulfide) groups is 1. The lowest BCUT2D eigenvalue weighted by Gasteiger charge is -2.11. The minimum atomic E-state index is -0.310. The van der Waals surface area contributed by atoms with E-state index < -0.39 is 0 Å². The number of carbonyl (C=O) groups is 1. The van der Waals surface area contributed by atoms with Crippen molar-refractivity contribution in [3.05, 3.63) is 76.3 Å². The topological polar surface area (TPSA) is 111 Å². The molecular weight excluding hydrogens is 558 g/mol. The first kappa shape index (κ1) is 26.2. The number of rotatable bonds is 9. The molecule has 0 bridgehead atoms. The van der Waals surface area contributed by atoms with Crippen molar-refractivity contribution in [2.24, 2.45) is 5.10 Å². The number of aryl methyl sites for hydroxylation is 1. The van der Waals surface area contributed by atoms with Gasteiger partial charge in [-0.15, -0.1) is 10.2 Å². The molecule has 0 aliphatic heterocycles. The number of aromatic hydroxyl groups is 1. The summed E-state index contributed by atoms with van der Waals surface area (Å²) < 4.78 is 12.8. The zero-order valence-corrected chi connectivity index (χ0v) is 22.7. The Bertz CT molecular complexity index is 1420. The monoisotopic (exact) mass is 581 g/mol. The maximum absolute atomic E-state index is 12.5. The summed E-state index contributed by atoms with van der Waals surface area (Å²) >= 11 is 4.51. The molecule has 0 aliphatic carbocycles. The summed E-state index contributed by atoms with van der Waals surface area (Å²) in [5.74, 6) is 1.45. The smallest absolute Gasteiger partial charge is 0.250 e. The van der Waals surface area contributed by atoms with Crippen molar-refractivity contribution in [1.82, 2.24) is 20.2 Å². The zero-order valence-electron chi connectivity index (χ0n) is 20.3.